The van der Waals surface area contributed by atoms with Crippen LogP contribution < -0.4 is 10.2 Å². The molecule has 1 heterocycles. The summed E-state index contributed by atoms with van der Waals surface area (Å²) >= 11 is 0. The topological polar surface area (TPSA) is 79.4 Å². The molecule has 5 heteroatoms. The third-order valence-electron chi connectivity index (χ3n) is 3.74. The van der Waals surface area contributed by atoms with Crippen molar-refractivity contribution in [3.63, 3.8) is 0 Å². The zero-order valence-corrected chi connectivity index (χ0v) is 12.5. The number of fused-ring (bicyclic) bond motifs is 1. The number of hydrogen-bond acceptors (Lipinski definition) is 3. The predicted octanol–water partition coefficient (Wildman–Crippen LogP) is 2.83. The highest BCUT2D eigenvalue weighted by Gasteiger charge is 2.11. The molecule has 0 aliphatic rings. The molecule has 0 amide bonds. The maximum Gasteiger partial charge on any atom is 0.341 e. The van der Waals surface area contributed by atoms with Crippen molar-refractivity contribution in [3.05, 3.63) is 75.6 Å². The highest BCUT2D eigenvalue weighted by atomic mass is 16.5. The van der Waals surface area contributed by atoms with Crippen LogP contribution in [0.25, 0.3) is 10.9 Å². The van der Waals surface area contributed by atoms with Crippen LogP contribution in [0.2, 0.25) is 0 Å². The van der Waals surface area contributed by atoms with Crippen molar-refractivity contribution in [2.45, 2.75) is 6.42 Å². The summed E-state index contributed by atoms with van der Waals surface area (Å²) in [4.78, 5) is 26.2. The average molecular weight is 309 g/mol. The van der Waals surface area contributed by atoms with Gasteiger partial charge in [0, 0.05) is 17.1 Å². The van der Waals surface area contributed by atoms with Crippen molar-refractivity contribution in [1.82, 2.24) is 4.98 Å². The van der Waals surface area contributed by atoms with Crippen molar-refractivity contribution in [3.8, 4) is 5.75 Å². The van der Waals surface area contributed by atoms with Gasteiger partial charge < -0.3 is 14.8 Å². The number of aromatic amines is 1. The quantitative estimate of drug-likeness (QED) is 0.776. The van der Waals surface area contributed by atoms with Crippen molar-refractivity contribution >= 4 is 16.9 Å². The molecule has 5 nitrogen and oxygen atoms in total. The summed E-state index contributed by atoms with van der Waals surface area (Å²) in [5.41, 5.74) is 1.92. The molecule has 0 atom stereocenters. The van der Waals surface area contributed by atoms with Gasteiger partial charge in [0.25, 0.3) is 0 Å². The van der Waals surface area contributed by atoms with Gasteiger partial charge in [0.2, 0.25) is 5.43 Å². The Morgan fingerprint density at radius 2 is 1.83 bits per heavy atom. The van der Waals surface area contributed by atoms with E-state index in [0.717, 1.165) is 16.9 Å². The Kier molecular flexibility index (Phi) is 3.85. The van der Waals surface area contributed by atoms with Crippen molar-refractivity contribution in [1.29, 1.82) is 0 Å². The van der Waals surface area contributed by atoms with E-state index in [2.05, 4.69) is 4.98 Å². The fraction of sp³-hybridized carbons (Fsp3) is 0.111. The molecule has 3 rings (SSSR count). The fourth-order valence-corrected chi connectivity index (χ4v) is 2.51. The number of aromatic carboxylic acids is 1. The van der Waals surface area contributed by atoms with Crippen molar-refractivity contribution in [2.24, 2.45) is 0 Å². The van der Waals surface area contributed by atoms with E-state index in [9.17, 15) is 9.59 Å². The Bertz CT molecular complexity index is 926. The van der Waals surface area contributed by atoms with Crippen molar-refractivity contribution in [2.75, 3.05) is 7.11 Å². The lowest BCUT2D eigenvalue weighted by Gasteiger charge is -2.06. The van der Waals surface area contributed by atoms with Crippen LogP contribution in [0.15, 0.2) is 53.5 Å². The van der Waals surface area contributed by atoms with Crippen LogP contribution in [0.5, 0.6) is 5.75 Å². The van der Waals surface area contributed by atoms with E-state index < -0.39 is 11.4 Å². The van der Waals surface area contributed by atoms with Gasteiger partial charge in [-0.05, 0) is 41.8 Å². The third kappa shape index (κ3) is 2.94. The standard InChI is InChI=1S/C18H15NO4/c1-23-13-5-2-11(3-6-13)8-12-4-7-16-14(9-12)17(20)15(10-19-16)18(21)22/h2-7,9-10H,8H2,1H3,(H,19,20)(H,21,22). The number of ether oxygens (including phenoxy) is 1. The Balaban J connectivity index is 1.99. The third-order valence-corrected chi connectivity index (χ3v) is 3.74. The number of carbonyl (C=O) groups is 1. The zero-order valence-electron chi connectivity index (χ0n) is 12.5. The number of benzene rings is 2. The summed E-state index contributed by atoms with van der Waals surface area (Å²) in [6, 6.07) is 13.1. The zero-order chi connectivity index (χ0) is 16.4. The lowest BCUT2D eigenvalue weighted by molar-refractivity contribution is 0.0695. The Hall–Kier alpha value is -3.08. The average Bonchev–Trinajstić information content (AvgIpc) is 2.56. The SMILES string of the molecule is COc1ccc(Cc2ccc3[nH]cc(C(=O)O)c(=O)c3c2)cc1. The number of H-pyrrole nitrogens is 1. The number of carboxylic acids is 1. The van der Waals surface area contributed by atoms with Gasteiger partial charge in [-0.25, -0.2) is 4.79 Å². The van der Waals surface area contributed by atoms with Gasteiger partial charge in [-0.2, -0.15) is 0 Å². The van der Waals surface area contributed by atoms with Crippen LogP contribution >= 0.6 is 0 Å². The number of rotatable bonds is 4. The molecule has 0 unspecified atom stereocenters. The second-order valence-corrected chi connectivity index (χ2v) is 5.24. The first-order valence-electron chi connectivity index (χ1n) is 7.09. The van der Waals surface area contributed by atoms with E-state index in [4.69, 9.17) is 9.84 Å². The second kappa shape index (κ2) is 5.96. The number of hydrogen-bond donors (Lipinski definition) is 2. The minimum atomic E-state index is -1.23. The first-order valence-corrected chi connectivity index (χ1v) is 7.09. The summed E-state index contributed by atoms with van der Waals surface area (Å²) in [7, 11) is 1.62. The molecular formula is C18H15NO4. The van der Waals surface area contributed by atoms with Crippen LogP contribution in [0.4, 0.5) is 0 Å². The molecule has 2 aromatic carbocycles. The maximum absolute atomic E-state index is 12.2. The summed E-state index contributed by atoms with van der Waals surface area (Å²) < 4.78 is 5.13. The molecule has 0 saturated heterocycles. The van der Waals surface area contributed by atoms with E-state index in [1.807, 2.05) is 30.3 Å². The minimum Gasteiger partial charge on any atom is -0.497 e. The van der Waals surface area contributed by atoms with Gasteiger partial charge in [0.05, 0.1) is 7.11 Å². The summed E-state index contributed by atoms with van der Waals surface area (Å²) in [5.74, 6) is -0.441. The Morgan fingerprint density at radius 1 is 1.13 bits per heavy atom. The van der Waals surface area contributed by atoms with Gasteiger partial charge >= 0.3 is 5.97 Å². The van der Waals surface area contributed by atoms with E-state index >= 15 is 0 Å². The highest BCUT2D eigenvalue weighted by molar-refractivity contribution is 5.92. The smallest absolute Gasteiger partial charge is 0.341 e. The number of methoxy groups -OCH3 is 1. The largest absolute Gasteiger partial charge is 0.497 e. The molecule has 116 valence electrons. The first kappa shape index (κ1) is 14.8. The molecule has 1 aromatic heterocycles. The van der Waals surface area contributed by atoms with Crippen LogP contribution in [0, 0.1) is 0 Å². The summed E-state index contributed by atoms with van der Waals surface area (Å²) in [6.07, 6.45) is 1.88. The van der Waals surface area contributed by atoms with E-state index in [0.29, 0.717) is 17.3 Å². The number of aromatic nitrogens is 1. The van der Waals surface area contributed by atoms with E-state index in [1.165, 1.54) is 6.20 Å². The fourth-order valence-electron chi connectivity index (χ4n) is 2.51. The van der Waals surface area contributed by atoms with Crippen LogP contribution in [-0.4, -0.2) is 23.2 Å². The number of carboxylic acid groups (broad SMARTS) is 1. The van der Waals surface area contributed by atoms with Crippen molar-refractivity contribution < 1.29 is 14.6 Å². The van der Waals surface area contributed by atoms with Crippen LogP contribution in [-0.2, 0) is 6.42 Å². The lowest BCUT2D eigenvalue weighted by Crippen LogP contribution is -2.15. The molecule has 23 heavy (non-hydrogen) atoms. The number of pyridine rings is 1. The molecule has 2 N–H and O–H groups in total. The first-order chi connectivity index (χ1) is 11.1. The molecule has 3 aromatic rings. The molecule has 0 spiro atoms. The van der Waals surface area contributed by atoms with Crippen LogP contribution in [0.1, 0.15) is 21.5 Å². The predicted molar refractivity (Wildman–Crippen MR) is 87.3 cm³/mol. The van der Waals surface area contributed by atoms with E-state index in [1.54, 1.807) is 19.2 Å². The summed E-state index contributed by atoms with van der Waals surface area (Å²) in [6.45, 7) is 0. The molecule has 0 aliphatic carbocycles. The van der Waals surface area contributed by atoms with Gasteiger partial charge in [-0.3, -0.25) is 4.79 Å². The molecule has 0 bridgehead atoms. The highest BCUT2D eigenvalue weighted by Crippen LogP contribution is 2.17. The van der Waals surface area contributed by atoms with E-state index in [-0.39, 0.29) is 5.56 Å². The van der Waals surface area contributed by atoms with Gasteiger partial charge in [0.15, 0.2) is 0 Å². The summed E-state index contributed by atoms with van der Waals surface area (Å²) in [5, 5.41) is 9.43. The lowest BCUT2D eigenvalue weighted by atomic mass is 10.0. The van der Waals surface area contributed by atoms with Crippen LogP contribution in [0.3, 0.4) is 0 Å². The minimum absolute atomic E-state index is 0.251. The normalized spacial score (nSPS) is 10.7. The molecule has 0 radical (unpaired) electrons. The van der Waals surface area contributed by atoms with Gasteiger partial charge in [-0.15, -0.1) is 0 Å². The molecular weight excluding hydrogens is 294 g/mol. The Morgan fingerprint density at radius 3 is 2.48 bits per heavy atom. The molecule has 0 fully saturated rings. The molecule has 0 saturated carbocycles. The Labute approximate surface area is 132 Å². The van der Waals surface area contributed by atoms with Gasteiger partial charge in [-0.1, -0.05) is 18.2 Å². The van der Waals surface area contributed by atoms with Gasteiger partial charge in [0.1, 0.15) is 11.3 Å². The number of nitrogens with one attached hydrogen (secondary N) is 1. The monoisotopic (exact) mass is 309 g/mol. The maximum atomic E-state index is 12.2. The second-order valence-electron chi connectivity index (χ2n) is 5.24. The molecule has 0 aliphatic heterocycles.